The summed E-state index contributed by atoms with van der Waals surface area (Å²) >= 11 is 0. The second-order valence-electron chi connectivity index (χ2n) is 9.77. The average Bonchev–Trinajstić information content (AvgIpc) is 2.91. The number of alkyl halides is 1. The van der Waals surface area contributed by atoms with Crippen LogP contribution >= 0.6 is 0 Å². The first-order chi connectivity index (χ1) is 17.8. The van der Waals surface area contributed by atoms with Crippen LogP contribution < -0.4 is 10.6 Å². The van der Waals surface area contributed by atoms with Gasteiger partial charge in [-0.15, -0.1) is 0 Å². The van der Waals surface area contributed by atoms with E-state index in [1.165, 1.54) is 12.5 Å². The molecule has 1 aliphatic rings. The van der Waals surface area contributed by atoms with E-state index in [1.807, 2.05) is 4.90 Å². The number of halogens is 1. The highest BCUT2D eigenvalue weighted by molar-refractivity contribution is 5.89. The van der Waals surface area contributed by atoms with Crippen LogP contribution in [0.1, 0.15) is 55.8 Å². The molecule has 2 unspecified atom stereocenters. The summed E-state index contributed by atoms with van der Waals surface area (Å²) in [5.41, 5.74) is 0.828. The molecule has 1 aromatic heterocycles. The van der Waals surface area contributed by atoms with Crippen LogP contribution in [-0.2, 0) is 28.0 Å². The van der Waals surface area contributed by atoms with Crippen molar-refractivity contribution < 1.29 is 24.2 Å². The predicted molar refractivity (Wildman–Crippen MR) is 141 cm³/mol. The minimum atomic E-state index is -1.86. The third-order valence-electron chi connectivity index (χ3n) is 6.83. The fourth-order valence-electron chi connectivity index (χ4n) is 4.53. The van der Waals surface area contributed by atoms with E-state index in [9.17, 15) is 24.2 Å². The zero-order chi connectivity index (χ0) is 26.7. The largest absolute Gasteiger partial charge is 0.480 e. The van der Waals surface area contributed by atoms with Crippen molar-refractivity contribution in [2.75, 3.05) is 38.2 Å². The molecule has 0 spiro atoms. The Hall–Kier alpha value is -3.04. The van der Waals surface area contributed by atoms with Crippen molar-refractivity contribution in [2.45, 2.75) is 63.5 Å². The Morgan fingerprint density at radius 3 is 2.62 bits per heavy atom. The molecule has 3 rings (SSSR count). The number of aliphatic hydroxyl groups is 1. The van der Waals surface area contributed by atoms with Crippen molar-refractivity contribution in [1.29, 1.82) is 0 Å². The SMILES string of the molecule is CC(O)(C(=O)NC(CCN(CCCF)CCCCc1ccc2c(n1)NCCC2)C(=O)O)c1ccccc1. The number of amides is 1. The van der Waals surface area contributed by atoms with Gasteiger partial charge in [0.05, 0.1) is 6.67 Å². The molecule has 0 aliphatic carbocycles. The van der Waals surface area contributed by atoms with Gasteiger partial charge in [-0.3, -0.25) is 9.18 Å². The van der Waals surface area contributed by atoms with Crippen molar-refractivity contribution in [1.82, 2.24) is 15.2 Å². The van der Waals surface area contributed by atoms with Gasteiger partial charge < -0.3 is 25.7 Å². The number of aryl methyl sites for hydroxylation is 2. The van der Waals surface area contributed by atoms with E-state index in [0.29, 0.717) is 31.6 Å². The van der Waals surface area contributed by atoms with E-state index in [2.05, 4.69) is 22.8 Å². The molecule has 1 aromatic carbocycles. The number of carboxylic acids is 1. The molecule has 4 N–H and O–H groups in total. The highest BCUT2D eigenvalue weighted by atomic mass is 19.1. The van der Waals surface area contributed by atoms with Crippen molar-refractivity contribution in [2.24, 2.45) is 0 Å². The zero-order valence-corrected chi connectivity index (χ0v) is 21.6. The number of aliphatic carboxylic acids is 1. The Balaban J connectivity index is 1.50. The van der Waals surface area contributed by atoms with E-state index < -0.39 is 30.2 Å². The summed E-state index contributed by atoms with van der Waals surface area (Å²) in [6.07, 6.45) is 5.32. The van der Waals surface area contributed by atoms with Gasteiger partial charge in [0.25, 0.3) is 5.91 Å². The summed E-state index contributed by atoms with van der Waals surface area (Å²) in [4.78, 5) is 31.4. The Morgan fingerprint density at radius 1 is 1.14 bits per heavy atom. The first-order valence-electron chi connectivity index (χ1n) is 13.1. The number of rotatable bonds is 15. The van der Waals surface area contributed by atoms with E-state index in [1.54, 1.807) is 30.3 Å². The number of carbonyl (C=O) groups is 2. The summed E-state index contributed by atoms with van der Waals surface area (Å²) in [7, 11) is 0. The molecule has 1 aliphatic heterocycles. The molecule has 37 heavy (non-hydrogen) atoms. The van der Waals surface area contributed by atoms with Crippen LogP contribution in [0.25, 0.3) is 0 Å². The summed E-state index contributed by atoms with van der Waals surface area (Å²) < 4.78 is 12.9. The maximum atomic E-state index is 12.9. The number of unbranched alkanes of at least 4 members (excludes halogenated alkanes) is 1. The lowest BCUT2D eigenvalue weighted by molar-refractivity contribution is -0.147. The molecule has 0 saturated carbocycles. The van der Waals surface area contributed by atoms with Gasteiger partial charge in [0.2, 0.25) is 0 Å². The number of hydrogen-bond acceptors (Lipinski definition) is 6. The molecule has 2 heterocycles. The van der Waals surface area contributed by atoms with E-state index in [-0.39, 0.29) is 6.42 Å². The summed E-state index contributed by atoms with van der Waals surface area (Å²) in [6, 6.07) is 11.5. The van der Waals surface area contributed by atoms with Gasteiger partial charge in [0, 0.05) is 25.3 Å². The van der Waals surface area contributed by atoms with Crippen LogP contribution in [0.2, 0.25) is 0 Å². The lowest BCUT2D eigenvalue weighted by Gasteiger charge is -2.27. The molecule has 0 radical (unpaired) electrons. The lowest BCUT2D eigenvalue weighted by atomic mass is 9.94. The van der Waals surface area contributed by atoms with Gasteiger partial charge >= 0.3 is 5.97 Å². The van der Waals surface area contributed by atoms with Gasteiger partial charge in [-0.2, -0.15) is 0 Å². The minimum absolute atomic E-state index is 0.149. The summed E-state index contributed by atoms with van der Waals surface area (Å²) in [5, 5.41) is 26.2. The minimum Gasteiger partial charge on any atom is -0.480 e. The smallest absolute Gasteiger partial charge is 0.326 e. The summed E-state index contributed by atoms with van der Waals surface area (Å²) in [5.74, 6) is -0.954. The van der Waals surface area contributed by atoms with Gasteiger partial charge in [0.15, 0.2) is 5.60 Å². The van der Waals surface area contributed by atoms with Gasteiger partial charge in [-0.25, -0.2) is 9.78 Å². The van der Waals surface area contributed by atoms with Crippen LogP contribution in [0.5, 0.6) is 0 Å². The fraction of sp³-hybridized carbons (Fsp3) is 0.536. The number of fused-ring (bicyclic) bond motifs is 1. The maximum Gasteiger partial charge on any atom is 0.326 e. The van der Waals surface area contributed by atoms with Crippen LogP contribution in [0.3, 0.4) is 0 Å². The quantitative estimate of drug-likeness (QED) is 0.270. The van der Waals surface area contributed by atoms with Crippen molar-refractivity contribution in [3.8, 4) is 0 Å². The first-order valence-corrected chi connectivity index (χ1v) is 13.1. The Labute approximate surface area is 218 Å². The van der Waals surface area contributed by atoms with Crippen molar-refractivity contribution in [3.05, 3.63) is 59.3 Å². The van der Waals surface area contributed by atoms with Gasteiger partial charge in [0.1, 0.15) is 11.9 Å². The van der Waals surface area contributed by atoms with Crippen LogP contribution in [-0.4, -0.2) is 70.9 Å². The molecule has 2 atom stereocenters. The maximum absolute atomic E-state index is 12.9. The van der Waals surface area contributed by atoms with Crippen LogP contribution in [0, 0.1) is 0 Å². The predicted octanol–water partition coefficient (Wildman–Crippen LogP) is 3.29. The number of aromatic nitrogens is 1. The van der Waals surface area contributed by atoms with Crippen LogP contribution in [0.4, 0.5) is 10.2 Å². The molecule has 0 bridgehead atoms. The standard InChI is InChI=1S/C28H39FN4O4/c1-28(37,22-10-3-2-4-11-22)27(36)32-24(26(34)35)15-20-33(19-8-16-29)18-6-5-12-23-14-13-21-9-7-17-30-25(21)31-23/h2-4,10-11,13-14,24,37H,5-9,12,15-20H2,1H3,(H,30,31)(H,32,36)(H,34,35). The number of nitrogens with one attached hydrogen (secondary N) is 2. The molecule has 0 fully saturated rings. The molecule has 202 valence electrons. The highest BCUT2D eigenvalue weighted by Crippen LogP contribution is 2.21. The molecule has 1 amide bonds. The van der Waals surface area contributed by atoms with Crippen molar-refractivity contribution in [3.63, 3.8) is 0 Å². The van der Waals surface area contributed by atoms with E-state index in [0.717, 1.165) is 50.2 Å². The molecule has 8 nitrogen and oxygen atoms in total. The first kappa shape index (κ1) is 28.5. The Bertz CT molecular complexity index is 1020. The molecule has 0 saturated heterocycles. The lowest BCUT2D eigenvalue weighted by Crippen LogP contribution is -2.50. The highest BCUT2D eigenvalue weighted by Gasteiger charge is 2.35. The number of benzene rings is 1. The zero-order valence-electron chi connectivity index (χ0n) is 21.6. The number of nitrogens with zero attached hydrogens (tertiary/aromatic N) is 2. The van der Waals surface area contributed by atoms with Gasteiger partial charge in [-0.1, -0.05) is 36.4 Å². The average molecular weight is 515 g/mol. The van der Waals surface area contributed by atoms with Gasteiger partial charge in [-0.05, 0) is 75.6 Å². The Morgan fingerprint density at radius 2 is 1.89 bits per heavy atom. The molecular formula is C28H39FN4O4. The molecule has 9 heteroatoms. The van der Waals surface area contributed by atoms with Crippen molar-refractivity contribution >= 4 is 17.7 Å². The number of anilines is 1. The number of pyridine rings is 1. The van der Waals surface area contributed by atoms with E-state index in [4.69, 9.17) is 4.98 Å². The number of carbonyl (C=O) groups excluding carboxylic acids is 1. The van der Waals surface area contributed by atoms with E-state index >= 15 is 0 Å². The second-order valence-corrected chi connectivity index (χ2v) is 9.77. The second kappa shape index (κ2) is 14.0. The number of carboxylic acid groups (broad SMARTS) is 1. The third kappa shape index (κ3) is 8.50. The molecule has 2 aromatic rings. The molecular weight excluding hydrogens is 475 g/mol. The normalized spacial score (nSPS) is 15.4. The third-order valence-corrected chi connectivity index (χ3v) is 6.83. The fourth-order valence-corrected chi connectivity index (χ4v) is 4.53. The summed E-state index contributed by atoms with van der Waals surface area (Å²) in [6.45, 7) is 3.46. The monoisotopic (exact) mass is 514 g/mol. The Kier molecular flexibility index (Phi) is 10.8. The number of hydrogen-bond donors (Lipinski definition) is 4. The topological polar surface area (TPSA) is 115 Å². The van der Waals surface area contributed by atoms with Crippen LogP contribution in [0.15, 0.2) is 42.5 Å².